The summed E-state index contributed by atoms with van der Waals surface area (Å²) >= 11 is 0. The molecular formula is C24H31NO3. The number of ketones is 1. The minimum atomic E-state index is -0.132. The third kappa shape index (κ3) is 4.14. The van der Waals surface area contributed by atoms with E-state index in [0.29, 0.717) is 5.92 Å². The van der Waals surface area contributed by atoms with Gasteiger partial charge in [0.25, 0.3) is 0 Å². The van der Waals surface area contributed by atoms with Crippen molar-refractivity contribution in [2.45, 2.75) is 32.2 Å². The quantitative estimate of drug-likeness (QED) is 0.795. The van der Waals surface area contributed by atoms with Gasteiger partial charge in [-0.05, 0) is 55.8 Å². The second-order valence-corrected chi connectivity index (χ2v) is 8.67. The highest BCUT2D eigenvalue weighted by molar-refractivity contribution is 6.04. The Labute approximate surface area is 167 Å². The van der Waals surface area contributed by atoms with Crippen LogP contribution in [0.3, 0.4) is 0 Å². The number of nitrogens with zero attached hydrogens (tertiary/aromatic N) is 1. The van der Waals surface area contributed by atoms with Gasteiger partial charge in [0.2, 0.25) is 0 Å². The Balaban J connectivity index is 1.32. The number of carbonyl (C=O) groups excluding carboxylic acids is 1. The van der Waals surface area contributed by atoms with Gasteiger partial charge < -0.3 is 10.2 Å². The fourth-order valence-corrected chi connectivity index (χ4v) is 5.10. The van der Waals surface area contributed by atoms with Crippen molar-refractivity contribution in [3.63, 3.8) is 0 Å². The van der Waals surface area contributed by atoms with Crippen LogP contribution in [0.2, 0.25) is 0 Å². The molecule has 0 radical (unpaired) electrons. The predicted molar refractivity (Wildman–Crippen MR) is 109 cm³/mol. The van der Waals surface area contributed by atoms with Crippen LogP contribution in [0.4, 0.5) is 0 Å². The van der Waals surface area contributed by atoms with E-state index in [4.69, 9.17) is 0 Å². The average molecular weight is 382 g/mol. The van der Waals surface area contributed by atoms with Crippen LogP contribution < -0.4 is 0 Å². The lowest BCUT2D eigenvalue weighted by Crippen LogP contribution is -2.34. The number of aliphatic hydroxyl groups is 2. The Morgan fingerprint density at radius 1 is 0.964 bits per heavy atom. The highest BCUT2D eigenvalue weighted by atomic mass is 16.3. The zero-order valence-corrected chi connectivity index (χ0v) is 16.5. The van der Waals surface area contributed by atoms with Crippen molar-refractivity contribution in [1.29, 1.82) is 0 Å². The van der Waals surface area contributed by atoms with Gasteiger partial charge in [-0.25, -0.2) is 0 Å². The minimum absolute atomic E-state index is 0.0175. The highest BCUT2D eigenvalue weighted by Crippen LogP contribution is 2.42. The summed E-state index contributed by atoms with van der Waals surface area (Å²) < 4.78 is 0. The lowest BCUT2D eigenvalue weighted by atomic mass is 9.84. The molecule has 4 heteroatoms. The Hall–Kier alpha value is -1.75. The molecule has 1 saturated heterocycles. The van der Waals surface area contributed by atoms with E-state index in [1.165, 1.54) is 5.56 Å². The minimum Gasteiger partial charge on any atom is -0.396 e. The summed E-state index contributed by atoms with van der Waals surface area (Å²) in [6.45, 7) is 3.23. The van der Waals surface area contributed by atoms with Crippen molar-refractivity contribution in [3.8, 4) is 0 Å². The third-order valence-electron chi connectivity index (χ3n) is 6.79. The summed E-state index contributed by atoms with van der Waals surface area (Å²) in [5.74, 6) is 0.765. The molecule has 28 heavy (non-hydrogen) atoms. The molecule has 1 saturated carbocycles. The second-order valence-electron chi connectivity index (χ2n) is 8.67. The maximum absolute atomic E-state index is 12.9. The lowest BCUT2D eigenvalue weighted by Gasteiger charge is -2.32. The monoisotopic (exact) mass is 381 g/mol. The molecule has 2 N–H and O–H groups in total. The molecule has 3 atom stereocenters. The van der Waals surface area contributed by atoms with Crippen LogP contribution in [0.15, 0.2) is 53.6 Å². The number of aliphatic hydroxyl groups excluding tert-OH is 2. The van der Waals surface area contributed by atoms with Gasteiger partial charge >= 0.3 is 0 Å². The van der Waals surface area contributed by atoms with Crippen molar-refractivity contribution in [1.82, 2.24) is 4.90 Å². The molecule has 0 aromatic heterocycles. The molecule has 0 bridgehead atoms. The molecule has 150 valence electrons. The summed E-state index contributed by atoms with van der Waals surface area (Å²) in [4.78, 5) is 15.4. The fourth-order valence-electron chi connectivity index (χ4n) is 5.10. The first kappa shape index (κ1) is 19.6. The zero-order valence-electron chi connectivity index (χ0n) is 16.5. The van der Waals surface area contributed by atoms with Crippen LogP contribution in [-0.4, -0.2) is 47.2 Å². The van der Waals surface area contributed by atoms with Crippen LogP contribution in [0.25, 0.3) is 0 Å². The first-order valence-electron chi connectivity index (χ1n) is 10.6. The largest absolute Gasteiger partial charge is 0.396 e. The summed E-state index contributed by atoms with van der Waals surface area (Å²) in [5, 5.41) is 19.1. The van der Waals surface area contributed by atoms with Gasteiger partial charge in [-0.1, -0.05) is 42.5 Å². The summed E-state index contributed by atoms with van der Waals surface area (Å²) in [6, 6.07) is 10.6. The average Bonchev–Trinajstić information content (AvgIpc) is 3.03. The number of hydrogen-bond donors (Lipinski definition) is 2. The molecule has 2 aliphatic carbocycles. The maximum Gasteiger partial charge on any atom is 0.166 e. The normalized spacial score (nSPS) is 28.8. The first-order valence-corrected chi connectivity index (χ1v) is 10.6. The van der Waals surface area contributed by atoms with Crippen molar-refractivity contribution in [3.05, 3.63) is 59.2 Å². The molecule has 0 spiro atoms. The molecule has 2 unspecified atom stereocenters. The molecule has 1 heterocycles. The smallest absolute Gasteiger partial charge is 0.166 e. The van der Waals surface area contributed by atoms with Crippen LogP contribution in [0, 0.1) is 23.7 Å². The van der Waals surface area contributed by atoms with E-state index >= 15 is 0 Å². The number of hydrogen-bond acceptors (Lipinski definition) is 4. The Kier molecular flexibility index (Phi) is 6.10. The van der Waals surface area contributed by atoms with Crippen LogP contribution in [-0.2, 0) is 11.3 Å². The van der Waals surface area contributed by atoms with Gasteiger partial charge in [-0.2, -0.15) is 0 Å². The molecule has 4 nitrogen and oxygen atoms in total. The van der Waals surface area contributed by atoms with Crippen molar-refractivity contribution >= 4 is 5.78 Å². The van der Waals surface area contributed by atoms with E-state index in [9.17, 15) is 15.0 Å². The zero-order chi connectivity index (χ0) is 19.5. The molecule has 1 aromatic rings. The van der Waals surface area contributed by atoms with Gasteiger partial charge in [0.1, 0.15) is 0 Å². The van der Waals surface area contributed by atoms with Gasteiger partial charge in [-0.15, -0.1) is 0 Å². The molecule has 2 fully saturated rings. The van der Waals surface area contributed by atoms with Crippen LogP contribution >= 0.6 is 0 Å². The Morgan fingerprint density at radius 2 is 1.64 bits per heavy atom. The molecular weight excluding hydrogens is 350 g/mol. The van der Waals surface area contributed by atoms with Gasteiger partial charge in [-0.3, -0.25) is 9.69 Å². The topological polar surface area (TPSA) is 60.8 Å². The van der Waals surface area contributed by atoms with E-state index in [-0.39, 0.29) is 36.8 Å². The fraction of sp³-hybridized carbons (Fsp3) is 0.542. The van der Waals surface area contributed by atoms with E-state index in [2.05, 4.69) is 35.2 Å². The highest BCUT2D eigenvalue weighted by Gasteiger charge is 2.38. The number of carbonyl (C=O) groups is 1. The predicted octanol–water partition coefficient (Wildman–Crippen LogP) is 2.96. The van der Waals surface area contributed by atoms with Gasteiger partial charge in [0.15, 0.2) is 5.78 Å². The number of rotatable bonds is 6. The van der Waals surface area contributed by atoms with E-state index in [1.54, 1.807) is 0 Å². The standard InChI is InChI=1S/C24H31NO3/c26-15-21-12-19-11-20(24(28)23(19)13-22(21)16-27)10-17-6-8-25(9-7-17)14-18-4-2-1-3-5-18/h1-5,12-13,17,20-22,26-27H,6-11,14-16H2/t20-,21?,22?/m1/s1. The van der Waals surface area contributed by atoms with Crippen LogP contribution in [0.1, 0.15) is 31.2 Å². The van der Waals surface area contributed by atoms with Gasteiger partial charge in [0, 0.05) is 29.9 Å². The maximum atomic E-state index is 12.9. The van der Waals surface area contributed by atoms with E-state index in [0.717, 1.165) is 56.5 Å². The third-order valence-corrected chi connectivity index (χ3v) is 6.79. The van der Waals surface area contributed by atoms with E-state index < -0.39 is 0 Å². The Morgan fingerprint density at radius 3 is 2.32 bits per heavy atom. The first-order chi connectivity index (χ1) is 13.7. The SMILES string of the molecule is O=C1C2=CC(CO)C(CO)C=C2C[C@H]1CC1CCN(Cc2ccccc2)CC1. The molecule has 4 rings (SSSR count). The summed E-state index contributed by atoms with van der Waals surface area (Å²) in [5.41, 5.74) is 3.28. The number of piperidine rings is 1. The van der Waals surface area contributed by atoms with E-state index in [1.807, 2.05) is 12.2 Å². The number of benzene rings is 1. The number of Topliss-reactive ketones (excluding diaryl/α,β-unsaturated/α-hetero) is 1. The number of fused-ring (bicyclic) bond motifs is 1. The lowest BCUT2D eigenvalue weighted by molar-refractivity contribution is -0.118. The second kappa shape index (κ2) is 8.73. The molecule has 0 amide bonds. The Bertz CT molecular complexity index is 746. The summed E-state index contributed by atoms with van der Waals surface area (Å²) in [7, 11) is 0. The molecule has 3 aliphatic rings. The van der Waals surface area contributed by atoms with Crippen molar-refractivity contribution in [2.24, 2.45) is 23.7 Å². The summed E-state index contributed by atoms with van der Waals surface area (Å²) in [6.07, 6.45) is 8.06. The molecule has 1 aliphatic heterocycles. The van der Waals surface area contributed by atoms with Gasteiger partial charge in [0.05, 0.1) is 13.2 Å². The van der Waals surface area contributed by atoms with Crippen molar-refractivity contribution < 1.29 is 15.0 Å². The number of allylic oxidation sites excluding steroid dienone is 2. The number of likely N-dealkylation sites (tertiary alicyclic amines) is 1. The molecule has 1 aromatic carbocycles. The van der Waals surface area contributed by atoms with Crippen LogP contribution in [0.5, 0.6) is 0 Å². The van der Waals surface area contributed by atoms with Crippen molar-refractivity contribution in [2.75, 3.05) is 26.3 Å².